The number of hydrogen-bond acceptors (Lipinski definition) is 13. The maximum Gasteiger partial charge on any atom is 1.00 e. The van der Waals surface area contributed by atoms with E-state index >= 15 is 0 Å². The third-order valence-corrected chi connectivity index (χ3v) is 3.42. The third kappa shape index (κ3) is 14.2. The maximum atomic E-state index is 10.0. The second-order valence-corrected chi connectivity index (χ2v) is 6.32. The molecule has 30 heavy (non-hydrogen) atoms. The molecule has 0 aromatic carbocycles. The summed E-state index contributed by atoms with van der Waals surface area (Å²) in [5, 5.41) is 48.1. The van der Waals surface area contributed by atoms with Crippen LogP contribution in [0.4, 0.5) is 0 Å². The Hall–Kier alpha value is 0.930. The van der Waals surface area contributed by atoms with Gasteiger partial charge in [-0.1, -0.05) is 0 Å². The van der Waals surface area contributed by atoms with Crippen molar-refractivity contribution in [3.63, 3.8) is 0 Å². The van der Waals surface area contributed by atoms with E-state index in [2.05, 4.69) is 0 Å². The molecule has 17 heteroatoms. The molecule has 2 heterocycles. The molecule has 2 saturated heterocycles. The Morgan fingerprint density at radius 1 is 1.13 bits per heavy atom. The fourth-order valence-electron chi connectivity index (χ4n) is 2.27. The Morgan fingerprint density at radius 3 is 2.00 bits per heavy atom. The summed E-state index contributed by atoms with van der Waals surface area (Å²) < 4.78 is 48.5. The zero-order valence-corrected chi connectivity index (χ0v) is 21.2. The van der Waals surface area contributed by atoms with E-state index in [0.717, 1.165) is 6.61 Å². The number of carbonyl (C=O) groups excluding carboxylic acids is 2. The van der Waals surface area contributed by atoms with Gasteiger partial charge >= 0.3 is 65.3 Å². The van der Waals surface area contributed by atoms with Crippen LogP contribution in [0.2, 0.25) is 0 Å². The summed E-state index contributed by atoms with van der Waals surface area (Å²) in [6.45, 7) is 2.22. The van der Waals surface area contributed by atoms with Gasteiger partial charge in [0, 0.05) is 0 Å². The molecule has 0 aliphatic carbocycles. The molecule has 0 amide bonds. The number of aliphatic hydroxyl groups excluding tert-OH is 5. The molecule has 6 N–H and O–H groups in total. The molecule has 0 bridgehead atoms. The fraction of sp³-hybridized carbons (Fsp3) is 0.769. The minimum Gasteiger partial charge on any atom is -0.726 e. The van der Waals surface area contributed by atoms with Gasteiger partial charge in [-0.2, -0.15) is 15.7 Å². The van der Waals surface area contributed by atoms with Gasteiger partial charge in [0.25, 0.3) is 0 Å². The first-order chi connectivity index (χ1) is 12.8. The standard InChI is InChI=1S/C12H20O8.CO2.2Na.H2O4S/c1-5-9(16)11(10(17)8(3-13)19-5)20-12-7(15)2-6(14)4-18-12;2-1-3;;;1-5(2,3)4/h2,4-17H,3H2,1H3;;;;(H2,1,2,3,4)/q-2;;2*+1;/p-1/t5-,6-,7?,8?,9?,10-,11+,12-;;;;/m0..../s1. The van der Waals surface area contributed by atoms with Crippen LogP contribution in [0, 0.1) is 13.0 Å². The van der Waals surface area contributed by atoms with Crippen molar-refractivity contribution in [2.75, 3.05) is 6.61 Å². The van der Waals surface area contributed by atoms with Gasteiger partial charge in [-0.3, -0.25) is 11.0 Å². The summed E-state index contributed by atoms with van der Waals surface area (Å²) in [6, 6.07) is 0. The predicted octanol–water partition coefficient (Wildman–Crippen LogP) is -10.3. The second-order valence-electron chi connectivity index (χ2n) is 5.47. The summed E-state index contributed by atoms with van der Waals surface area (Å²) in [7, 11) is -4.92. The molecule has 2 fully saturated rings. The molecule has 2 aliphatic heterocycles. The van der Waals surface area contributed by atoms with E-state index in [1.165, 1.54) is 6.42 Å². The SMILES string of the molecule is C[C@@H]1OC(CO)[C@H](O)[C@H](O[C@@H]2O[CH-][C@@H](O)[CH-]C2O)C1O.O=C=O.O=S(=O)([O-])O.[Na+].[Na+]. The first-order valence-corrected chi connectivity index (χ1v) is 8.87. The zero-order chi connectivity index (χ0) is 22.1. The van der Waals surface area contributed by atoms with Crippen molar-refractivity contribution in [2.24, 2.45) is 0 Å². The van der Waals surface area contributed by atoms with E-state index in [9.17, 15) is 20.4 Å². The van der Waals surface area contributed by atoms with Crippen LogP contribution in [-0.4, -0.2) is 105 Å². The molecule has 166 valence electrons. The number of hydrogen-bond donors (Lipinski definition) is 6. The molecule has 0 spiro atoms. The molecule has 2 rings (SSSR count). The van der Waals surface area contributed by atoms with Crippen LogP contribution < -0.4 is 59.1 Å². The molecule has 0 radical (unpaired) electrons. The van der Waals surface area contributed by atoms with Gasteiger partial charge < -0.3 is 44.3 Å². The summed E-state index contributed by atoms with van der Waals surface area (Å²) in [5.41, 5.74) is 0. The summed E-state index contributed by atoms with van der Waals surface area (Å²) in [4.78, 5) is 16.2. The summed E-state index contributed by atoms with van der Waals surface area (Å²) in [5.74, 6) is 0. The molecule has 8 atom stereocenters. The van der Waals surface area contributed by atoms with Crippen molar-refractivity contribution < 1.29 is 126 Å². The van der Waals surface area contributed by atoms with Crippen molar-refractivity contribution in [1.29, 1.82) is 0 Å². The molecule has 0 aromatic rings. The van der Waals surface area contributed by atoms with Crippen molar-refractivity contribution >= 4 is 16.6 Å². The zero-order valence-electron chi connectivity index (χ0n) is 16.3. The van der Waals surface area contributed by atoms with Crippen molar-refractivity contribution in [2.45, 2.75) is 55.9 Å². The van der Waals surface area contributed by atoms with Gasteiger partial charge in [0.15, 0.2) is 0 Å². The van der Waals surface area contributed by atoms with Crippen molar-refractivity contribution in [3.8, 4) is 0 Å². The van der Waals surface area contributed by atoms with Gasteiger partial charge in [-0.15, -0.1) is 0 Å². The molecule has 14 nitrogen and oxygen atoms in total. The fourth-order valence-corrected chi connectivity index (χ4v) is 2.27. The Bertz CT molecular complexity index is 578. The van der Waals surface area contributed by atoms with Gasteiger partial charge in [0.1, 0.15) is 30.7 Å². The number of ether oxygens (including phenoxy) is 3. The Labute approximate surface area is 216 Å². The van der Waals surface area contributed by atoms with Gasteiger partial charge in [-0.25, -0.2) is 15.0 Å². The van der Waals surface area contributed by atoms with E-state index in [1.807, 2.05) is 0 Å². The van der Waals surface area contributed by atoms with Crippen LogP contribution in [-0.2, 0) is 34.2 Å². The Kier molecular flexibility index (Phi) is 20.6. The second kappa shape index (κ2) is 17.4. The van der Waals surface area contributed by atoms with E-state index in [-0.39, 0.29) is 65.3 Å². The van der Waals surface area contributed by atoms with Gasteiger partial charge in [0.05, 0.1) is 12.7 Å². The molecule has 0 saturated carbocycles. The molecular weight excluding hydrogens is 458 g/mol. The Balaban J connectivity index is -0.000000630. The van der Waals surface area contributed by atoms with Crippen LogP contribution in [0.15, 0.2) is 0 Å². The Morgan fingerprint density at radius 2 is 1.60 bits per heavy atom. The van der Waals surface area contributed by atoms with Crippen LogP contribution in [0.25, 0.3) is 0 Å². The maximum absolute atomic E-state index is 10.0. The monoisotopic (exact) mass is 479 g/mol. The first-order valence-electron chi connectivity index (χ1n) is 7.51. The van der Waals surface area contributed by atoms with Gasteiger partial charge in [-0.05, 0) is 13.0 Å². The van der Waals surface area contributed by atoms with Gasteiger partial charge in [0.2, 0.25) is 10.4 Å². The minimum atomic E-state index is -4.92. The average Bonchev–Trinajstić information content (AvgIpc) is 2.56. The number of aliphatic hydroxyl groups is 5. The molecule has 2 aliphatic rings. The third-order valence-electron chi connectivity index (χ3n) is 3.42. The summed E-state index contributed by atoms with van der Waals surface area (Å²) >= 11 is 0. The number of rotatable bonds is 3. The molecule has 0 aromatic heterocycles. The quantitative estimate of drug-likeness (QED) is 0.0953. The van der Waals surface area contributed by atoms with Crippen molar-refractivity contribution in [1.82, 2.24) is 0 Å². The topological polar surface area (TPSA) is 240 Å². The smallest absolute Gasteiger partial charge is 0.726 e. The minimum absolute atomic E-state index is 0. The normalized spacial score (nSPS) is 35.6. The van der Waals surface area contributed by atoms with Crippen molar-refractivity contribution in [3.05, 3.63) is 13.0 Å². The van der Waals surface area contributed by atoms with E-state index in [0.29, 0.717) is 0 Å². The van der Waals surface area contributed by atoms with E-state index in [4.69, 9.17) is 46.4 Å². The first kappa shape index (κ1) is 35.5. The van der Waals surface area contributed by atoms with E-state index < -0.39 is 66.0 Å². The predicted molar refractivity (Wildman–Crippen MR) is 81.1 cm³/mol. The van der Waals surface area contributed by atoms with E-state index in [1.54, 1.807) is 6.92 Å². The summed E-state index contributed by atoms with van der Waals surface area (Å²) in [6.07, 6.45) is -6.98. The van der Waals surface area contributed by atoms with Crippen LogP contribution >= 0.6 is 0 Å². The van der Waals surface area contributed by atoms with Crippen LogP contribution in [0.3, 0.4) is 0 Å². The largest absolute Gasteiger partial charge is 1.00 e. The molecular formula is C13H21Na2O14S-. The van der Waals surface area contributed by atoms with Crippen LogP contribution in [0.5, 0.6) is 0 Å². The van der Waals surface area contributed by atoms with Crippen LogP contribution in [0.1, 0.15) is 6.92 Å². The molecule has 3 unspecified atom stereocenters. The average molecular weight is 479 g/mol.